The average molecular weight is 281 g/mol. The molecule has 110 valence electrons. The van der Waals surface area contributed by atoms with Gasteiger partial charge in [0.2, 0.25) is 5.75 Å². The van der Waals surface area contributed by atoms with Crippen LogP contribution < -0.4 is 19.5 Å². The molecule has 2 N–H and O–H groups in total. The molecule has 2 unspecified atom stereocenters. The number of carboxylic acids is 1. The first kappa shape index (κ1) is 14.5. The lowest BCUT2D eigenvalue weighted by Gasteiger charge is -2.19. The van der Waals surface area contributed by atoms with Crippen molar-refractivity contribution in [3.8, 4) is 17.2 Å². The van der Waals surface area contributed by atoms with Crippen LogP contribution in [0.4, 0.5) is 0 Å². The Balaban J connectivity index is 2.44. The lowest BCUT2D eigenvalue weighted by molar-refractivity contribution is -0.139. The average Bonchev–Trinajstić information content (AvgIpc) is 2.95. The predicted molar refractivity (Wildman–Crippen MR) is 72.9 cm³/mol. The Hall–Kier alpha value is -1.95. The van der Waals surface area contributed by atoms with Gasteiger partial charge in [-0.1, -0.05) is 0 Å². The number of hydrogen-bond acceptors (Lipinski definition) is 5. The summed E-state index contributed by atoms with van der Waals surface area (Å²) < 4.78 is 15.9. The molecule has 0 radical (unpaired) electrons. The summed E-state index contributed by atoms with van der Waals surface area (Å²) in [6.07, 6.45) is 0.760. The first-order chi connectivity index (χ1) is 9.62. The Morgan fingerprint density at radius 2 is 1.80 bits per heavy atom. The minimum Gasteiger partial charge on any atom is -0.493 e. The van der Waals surface area contributed by atoms with E-state index in [9.17, 15) is 9.90 Å². The molecule has 6 nitrogen and oxygen atoms in total. The third-order valence-corrected chi connectivity index (χ3v) is 3.60. The Labute approximate surface area is 117 Å². The molecule has 0 saturated carbocycles. The molecule has 0 aromatic heterocycles. The number of methoxy groups -OCH3 is 3. The maximum absolute atomic E-state index is 11.3. The lowest BCUT2D eigenvalue weighted by atomic mass is 9.91. The molecule has 1 aromatic rings. The van der Waals surface area contributed by atoms with Crippen LogP contribution in [0.5, 0.6) is 17.2 Å². The van der Waals surface area contributed by atoms with Crippen molar-refractivity contribution in [2.24, 2.45) is 0 Å². The van der Waals surface area contributed by atoms with E-state index in [1.807, 2.05) is 12.1 Å². The summed E-state index contributed by atoms with van der Waals surface area (Å²) in [5.74, 6) is 0.634. The molecule has 1 aromatic carbocycles. The molecule has 1 aliphatic rings. The van der Waals surface area contributed by atoms with Gasteiger partial charge in [-0.3, -0.25) is 4.79 Å². The minimum absolute atomic E-state index is 0.110. The zero-order valence-corrected chi connectivity index (χ0v) is 11.8. The first-order valence-electron chi connectivity index (χ1n) is 6.38. The Kier molecular flexibility index (Phi) is 4.34. The molecule has 1 aliphatic heterocycles. The van der Waals surface area contributed by atoms with Gasteiger partial charge in [0.25, 0.3) is 0 Å². The third kappa shape index (κ3) is 2.51. The van der Waals surface area contributed by atoms with Gasteiger partial charge in [-0.2, -0.15) is 0 Å². The molecule has 1 heterocycles. The summed E-state index contributed by atoms with van der Waals surface area (Å²) in [7, 11) is 4.63. The molecular weight excluding hydrogens is 262 g/mol. The van der Waals surface area contributed by atoms with Crippen molar-refractivity contribution in [2.75, 3.05) is 27.9 Å². The predicted octanol–water partition coefficient (Wildman–Crippen LogP) is 1.24. The second kappa shape index (κ2) is 6.00. The number of rotatable bonds is 5. The SMILES string of the molecule is COc1cc(C2CCNC2C(=O)O)cc(OC)c1OC. The van der Waals surface area contributed by atoms with Crippen LogP contribution in [0.25, 0.3) is 0 Å². The number of carbonyl (C=O) groups is 1. The van der Waals surface area contributed by atoms with E-state index in [2.05, 4.69) is 5.32 Å². The summed E-state index contributed by atoms with van der Waals surface area (Å²) in [5.41, 5.74) is 0.872. The van der Waals surface area contributed by atoms with Crippen LogP contribution in [0.2, 0.25) is 0 Å². The van der Waals surface area contributed by atoms with Gasteiger partial charge in [-0.15, -0.1) is 0 Å². The van der Waals surface area contributed by atoms with E-state index in [4.69, 9.17) is 14.2 Å². The van der Waals surface area contributed by atoms with E-state index < -0.39 is 12.0 Å². The molecule has 20 heavy (non-hydrogen) atoms. The summed E-state index contributed by atoms with van der Waals surface area (Å²) in [4.78, 5) is 11.3. The summed E-state index contributed by atoms with van der Waals surface area (Å²) in [6.45, 7) is 0.679. The zero-order chi connectivity index (χ0) is 14.7. The van der Waals surface area contributed by atoms with Crippen molar-refractivity contribution < 1.29 is 24.1 Å². The fourth-order valence-electron chi connectivity index (χ4n) is 2.64. The van der Waals surface area contributed by atoms with Gasteiger partial charge >= 0.3 is 5.97 Å². The fraction of sp³-hybridized carbons (Fsp3) is 0.500. The van der Waals surface area contributed by atoms with Gasteiger partial charge in [0, 0.05) is 5.92 Å². The number of benzene rings is 1. The number of hydrogen-bond donors (Lipinski definition) is 2. The molecule has 1 saturated heterocycles. The number of aliphatic carboxylic acids is 1. The third-order valence-electron chi connectivity index (χ3n) is 3.60. The smallest absolute Gasteiger partial charge is 0.321 e. The Bertz CT molecular complexity index is 477. The topological polar surface area (TPSA) is 77.0 Å². The maximum Gasteiger partial charge on any atom is 0.321 e. The van der Waals surface area contributed by atoms with E-state index >= 15 is 0 Å². The first-order valence-corrected chi connectivity index (χ1v) is 6.38. The molecule has 0 spiro atoms. The van der Waals surface area contributed by atoms with Gasteiger partial charge in [0.05, 0.1) is 21.3 Å². The standard InChI is InChI=1S/C14H19NO5/c1-18-10-6-8(7-11(19-2)13(10)20-3)9-4-5-15-12(9)14(16)17/h6-7,9,12,15H,4-5H2,1-3H3,(H,16,17). The van der Waals surface area contributed by atoms with Gasteiger partial charge in [-0.05, 0) is 30.7 Å². The fourth-order valence-corrected chi connectivity index (χ4v) is 2.64. The van der Waals surface area contributed by atoms with Gasteiger partial charge in [-0.25, -0.2) is 0 Å². The largest absolute Gasteiger partial charge is 0.493 e. The second-order valence-electron chi connectivity index (χ2n) is 4.62. The molecule has 2 rings (SSSR count). The van der Waals surface area contributed by atoms with Crippen molar-refractivity contribution in [1.82, 2.24) is 5.32 Å². The van der Waals surface area contributed by atoms with Gasteiger partial charge < -0.3 is 24.6 Å². The van der Waals surface area contributed by atoms with Crippen LogP contribution >= 0.6 is 0 Å². The molecule has 0 aliphatic carbocycles. The second-order valence-corrected chi connectivity index (χ2v) is 4.62. The highest BCUT2D eigenvalue weighted by atomic mass is 16.5. The number of carboxylic acid groups (broad SMARTS) is 1. The highest BCUT2D eigenvalue weighted by Gasteiger charge is 2.34. The number of ether oxygens (including phenoxy) is 3. The molecular formula is C14H19NO5. The van der Waals surface area contributed by atoms with Crippen molar-refractivity contribution in [1.29, 1.82) is 0 Å². The van der Waals surface area contributed by atoms with Crippen molar-refractivity contribution in [3.05, 3.63) is 17.7 Å². The zero-order valence-electron chi connectivity index (χ0n) is 11.8. The monoisotopic (exact) mass is 281 g/mol. The van der Waals surface area contributed by atoms with E-state index in [1.54, 1.807) is 14.2 Å². The van der Waals surface area contributed by atoms with Crippen LogP contribution in [-0.4, -0.2) is 45.0 Å². The molecule has 1 fully saturated rings. The molecule has 0 bridgehead atoms. The van der Waals surface area contributed by atoms with Gasteiger partial charge in [0.15, 0.2) is 11.5 Å². The van der Waals surface area contributed by atoms with Crippen LogP contribution in [-0.2, 0) is 4.79 Å². The summed E-state index contributed by atoms with van der Waals surface area (Å²) in [5, 5.41) is 12.2. The quantitative estimate of drug-likeness (QED) is 0.845. The Morgan fingerprint density at radius 1 is 1.20 bits per heavy atom. The number of nitrogens with one attached hydrogen (secondary N) is 1. The van der Waals surface area contributed by atoms with E-state index in [-0.39, 0.29) is 5.92 Å². The highest BCUT2D eigenvalue weighted by molar-refractivity contribution is 5.75. The molecule has 2 atom stereocenters. The van der Waals surface area contributed by atoms with Crippen LogP contribution in [0, 0.1) is 0 Å². The van der Waals surface area contributed by atoms with Gasteiger partial charge in [0.1, 0.15) is 6.04 Å². The van der Waals surface area contributed by atoms with Crippen LogP contribution in [0.1, 0.15) is 17.9 Å². The normalized spacial score (nSPS) is 21.6. The van der Waals surface area contributed by atoms with E-state index in [0.717, 1.165) is 12.0 Å². The summed E-state index contributed by atoms with van der Waals surface area (Å²) >= 11 is 0. The van der Waals surface area contributed by atoms with Crippen LogP contribution in [0.3, 0.4) is 0 Å². The Morgan fingerprint density at radius 3 is 2.25 bits per heavy atom. The maximum atomic E-state index is 11.3. The van der Waals surface area contributed by atoms with Crippen molar-refractivity contribution in [3.63, 3.8) is 0 Å². The van der Waals surface area contributed by atoms with Crippen molar-refractivity contribution >= 4 is 5.97 Å². The lowest BCUT2D eigenvalue weighted by Crippen LogP contribution is -2.34. The van der Waals surface area contributed by atoms with E-state index in [0.29, 0.717) is 23.8 Å². The van der Waals surface area contributed by atoms with Crippen LogP contribution in [0.15, 0.2) is 12.1 Å². The minimum atomic E-state index is -0.846. The van der Waals surface area contributed by atoms with Crippen molar-refractivity contribution in [2.45, 2.75) is 18.4 Å². The molecule has 6 heteroatoms. The van der Waals surface area contributed by atoms with E-state index in [1.165, 1.54) is 7.11 Å². The summed E-state index contributed by atoms with van der Waals surface area (Å²) in [6, 6.07) is 3.04. The molecule has 0 amide bonds. The highest BCUT2D eigenvalue weighted by Crippen LogP contribution is 2.42.